The fourth-order valence-corrected chi connectivity index (χ4v) is 6.98. The van der Waals surface area contributed by atoms with E-state index in [-0.39, 0.29) is 11.6 Å². The van der Waals surface area contributed by atoms with E-state index in [9.17, 15) is 9.59 Å². The number of carbonyl (C=O) groups is 2. The number of carbonyl (C=O) groups excluding carboxylic acids is 2. The third-order valence-electron chi connectivity index (χ3n) is 9.84. The zero-order chi connectivity index (χ0) is 30.6. The maximum absolute atomic E-state index is 14.4. The van der Waals surface area contributed by atoms with E-state index in [1.165, 1.54) is 32.1 Å². The number of hydrogen-bond acceptors (Lipinski definition) is 6. The molecule has 7 nitrogen and oxygen atoms in total. The summed E-state index contributed by atoms with van der Waals surface area (Å²) < 4.78 is 13.5. The van der Waals surface area contributed by atoms with Gasteiger partial charge >= 0.3 is 0 Å². The lowest BCUT2D eigenvalue weighted by atomic mass is 9.89. The molecule has 43 heavy (non-hydrogen) atoms. The van der Waals surface area contributed by atoms with Crippen LogP contribution in [0, 0.1) is 0 Å². The third-order valence-corrected chi connectivity index (χ3v) is 9.84. The van der Waals surface area contributed by atoms with Crippen LogP contribution >= 0.6 is 0 Å². The van der Waals surface area contributed by atoms with E-state index in [1.54, 1.807) is 0 Å². The number of hydrogen-bond donors (Lipinski definition) is 0. The van der Waals surface area contributed by atoms with Crippen molar-refractivity contribution < 1.29 is 19.1 Å². The zero-order valence-corrected chi connectivity index (χ0v) is 27.0. The number of benzene rings is 2. The predicted octanol–water partition coefficient (Wildman–Crippen LogP) is 6.74. The molecule has 3 heterocycles. The molecule has 0 unspecified atom stereocenters. The Kier molecular flexibility index (Phi) is 10.1. The molecule has 1 aromatic heterocycles. The number of para-hydroxylation sites is 1. The number of nitrogens with zero attached hydrogens (tertiary/aromatic N) is 3. The van der Waals surface area contributed by atoms with E-state index in [2.05, 4.69) is 39.5 Å². The molecule has 3 aromatic rings. The number of fused-ring (bicyclic) bond motifs is 3. The molecule has 0 aliphatic carbocycles. The lowest BCUT2D eigenvalue weighted by molar-refractivity contribution is -0.00440. The Hall–Kier alpha value is -2.58. The highest BCUT2D eigenvalue weighted by Crippen LogP contribution is 2.36. The molecule has 0 spiro atoms. The van der Waals surface area contributed by atoms with Gasteiger partial charge in [-0.3, -0.25) is 19.4 Å². The molecule has 2 aliphatic rings. The molecule has 0 N–H and O–H groups in total. The van der Waals surface area contributed by atoms with Crippen LogP contribution in [-0.4, -0.2) is 89.6 Å². The first-order valence-corrected chi connectivity index (χ1v) is 16.5. The van der Waals surface area contributed by atoms with Gasteiger partial charge in [-0.15, -0.1) is 0 Å². The summed E-state index contributed by atoms with van der Waals surface area (Å²) in [6, 6.07) is 12.3. The Morgan fingerprint density at radius 1 is 0.721 bits per heavy atom. The van der Waals surface area contributed by atoms with Crippen molar-refractivity contribution in [2.75, 3.05) is 52.6 Å². The molecular weight excluding hydrogens is 538 g/mol. The van der Waals surface area contributed by atoms with Gasteiger partial charge in [-0.25, -0.2) is 0 Å². The number of aromatic nitrogens is 1. The second-order valence-corrected chi connectivity index (χ2v) is 13.3. The summed E-state index contributed by atoms with van der Waals surface area (Å²) >= 11 is 0. The zero-order valence-electron chi connectivity index (χ0n) is 27.0. The molecular formula is C36H51N3O4. The summed E-state index contributed by atoms with van der Waals surface area (Å²) in [6.45, 7) is 16.8. The summed E-state index contributed by atoms with van der Waals surface area (Å²) in [5, 5.41) is 2.09. The Morgan fingerprint density at radius 3 is 1.93 bits per heavy atom. The lowest BCUT2D eigenvalue weighted by Gasteiger charge is -2.39. The van der Waals surface area contributed by atoms with Crippen LogP contribution in [0.1, 0.15) is 93.9 Å². The van der Waals surface area contributed by atoms with Crippen LogP contribution in [0.5, 0.6) is 0 Å². The van der Waals surface area contributed by atoms with Gasteiger partial charge in [0, 0.05) is 60.1 Å². The predicted molar refractivity (Wildman–Crippen MR) is 174 cm³/mol. The molecule has 0 amide bonds. The average Bonchev–Trinajstić information content (AvgIpc) is 3.35. The molecule has 0 saturated carbocycles. The Balaban J connectivity index is 1.56. The van der Waals surface area contributed by atoms with Gasteiger partial charge in [0.1, 0.15) is 0 Å². The second kappa shape index (κ2) is 13.6. The molecule has 0 bridgehead atoms. The van der Waals surface area contributed by atoms with Crippen molar-refractivity contribution in [2.45, 2.75) is 90.8 Å². The topological polar surface area (TPSA) is 64.0 Å². The Labute approximate surface area is 257 Å². The number of Topliss-reactive ketones (excluding diaryl/α,β-unsaturated/α-hetero) is 2. The van der Waals surface area contributed by atoms with E-state index in [0.717, 1.165) is 66.5 Å². The quantitative estimate of drug-likeness (QED) is 0.163. The molecule has 0 radical (unpaired) electrons. The van der Waals surface area contributed by atoms with Crippen molar-refractivity contribution in [2.24, 2.45) is 0 Å². The van der Waals surface area contributed by atoms with E-state index < -0.39 is 11.1 Å². The van der Waals surface area contributed by atoms with Crippen LogP contribution in [0.3, 0.4) is 0 Å². The SMILES string of the molecule is CCCCCCCCn1c2ccc(C(=O)C(C)(C)N3CCOCC3)cc2c2cccc(C(=O)C(C)(C)N3CCOCC3)c21. The highest BCUT2D eigenvalue weighted by atomic mass is 16.5. The minimum absolute atomic E-state index is 0.119. The third kappa shape index (κ3) is 6.46. The van der Waals surface area contributed by atoms with E-state index in [4.69, 9.17) is 9.47 Å². The van der Waals surface area contributed by atoms with E-state index >= 15 is 0 Å². The number of aryl methyl sites for hydroxylation is 1. The number of unbranched alkanes of at least 4 members (excludes halogenated alkanes) is 5. The summed E-state index contributed by atoms with van der Waals surface area (Å²) in [4.78, 5) is 32.8. The van der Waals surface area contributed by atoms with Crippen molar-refractivity contribution in [3.8, 4) is 0 Å². The van der Waals surface area contributed by atoms with Crippen LogP contribution in [0.4, 0.5) is 0 Å². The largest absolute Gasteiger partial charge is 0.379 e. The lowest BCUT2D eigenvalue weighted by Crippen LogP contribution is -2.54. The van der Waals surface area contributed by atoms with Crippen molar-refractivity contribution in [1.29, 1.82) is 0 Å². The number of ketones is 2. The fraction of sp³-hybridized carbons (Fsp3) is 0.611. The van der Waals surface area contributed by atoms with Crippen LogP contribution < -0.4 is 0 Å². The average molecular weight is 590 g/mol. The Morgan fingerprint density at radius 2 is 1.30 bits per heavy atom. The fourth-order valence-electron chi connectivity index (χ4n) is 6.98. The first kappa shape index (κ1) is 31.8. The van der Waals surface area contributed by atoms with E-state index in [0.29, 0.717) is 32.0 Å². The summed E-state index contributed by atoms with van der Waals surface area (Å²) in [7, 11) is 0. The highest BCUT2D eigenvalue weighted by Gasteiger charge is 2.38. The van der Waals surface area contributed by atoms with Crippen molar-refractivity contribution in [3.63, 3.8) is 0 Å². The van der Waals surface area contributed by atoms with Gasteiger partial charge in [-0.05, 0) is 58.4 Å². The van der Waals surface area contributed by atoms with Gasteiger partial charge in [0.05, 0.1) is 43.0 Å². The number of ether oxygens (including phenoxy) is 2. The first-order chi connectivity index (χ1) is 20.7. The summed E-state index contributed by atoms with van der Waals surface area (Å²) in [6.07, 6.45) is 7.24. The molecule has 7 heteroatoms. The summed E-state index contributed by atoms with van der Waals surface area (Å²) in [5.74, 6) is 0.255. The minimum Gasteiger partial charge on any atom is -0.379 e. The van der Waals surface area contributed by atoms with Gasteiger partial charge in [0.15, 0.2) is 11.6 Å². The van der Waals surface area contributed by atoms with Crippen LogP contribution in [0.2, 0.25) is 0 Å². The molecule has 2 aromatic carbocycles. The smallest absolute Gasteiger partial charge is 0.184 e. The molecule has 0 atom stereocenters. The number of morpholine rings is 2. The van der Waals surface area contributed by atoms with E-state index in [1.807, 2.05) is 45.9 Å². The van der Waals surface area contributed by atoms with Crippen LogP contribution in [-0.2, 0) is 16.0 Å². The minimum atomic E-state index is -0.650. The van der Waals surface area contributed by atoms with Gasteiger partial charge in [-0.2, -0.15) is 0 Å². The normalized spacial score (nSPS) is 17.6. The van der Waals surface area contributed by atoms with Gasteiger partial charge < -0.3 is 14.0 Å². The molecule has 2 fully saturated rings. The standard InChI is InChI=1S/C36H51N3O4/c1-6-7-8-9-10-11-17-39-31-16-15-27(33(40)35(2,3)37-18-22-42-23-19-37)26-30(31)28-13-12-14-29(32(28)39)34(41)36(4,5)38-20-24-43-25-21-38/h12-16,26H,6-11,17-25H2,1-5H3. The van der Waals surface area contributed by atoms with Crippen molar-refractivity contribution in [3.05, 3.63) is 47.5 Å². The maximum atomic E-state index is 14.4. The van der Waals surface area contributed by atoms with Gasteiger partial charge in [0.25, 0.3) is 0 Å². The highest BCUT2D eigenvalue weighted by molar-refractivity contribution is 6.19. The van der Waals surface area contributed by atoms with Crippen LogP contribution in [0.25, 0.3) is 21.8 Å². The van der Waals surface area contributed by atoms with Crippen molar-refractivity contribution >= 4 is 33.4 Å². The number of rotatable bonds is 13. The molecule has 2 aliphatic heterocycles. The first-order valence-electron chi connectivity index (χ1n) is 16.5. The van der Waals surface area contributed by atoms with Crippen molar-refractivity contribution in [1.82, 2.24) is 14.4 Å². The summed E-state index contributed by atoms with van der Waals surface area (Å²) in [5.41, 5.74) is 2.29. The van der Waals surface area contributed by atoms with Crippen LogP contribution in [0.15, 0.2) is 36.4 Å². The van der Waals surface area contributed by atoms with Gasteiger partial charge in [0.2, 0.25) is 0 Å². The maximum Gasteiger partial charge on any atom is 0.184 e. The molecule has 2 saturated heterocycles. The van der Waals surface area contributed by atoms with Gasteiger partial charge in [-0.1, -0.05) is 51.2 Å². The molecule has 5 rings (SSSR count). The molecule has 234 valence electrons. The monoisotopic (exact) mass is 589 g/mol. The second-order valence-electron chi connectivity index (χ2n) is 13.3. The Bertz CT molecular complexity index is 1430.